The molecular formula is C14H15N3. The highest BCUT2D eigenvalue weighted by Gasteiger charge is 2.44. The van der Waals surface area contributed by atoms with Gasteiger partial charge in [-0.1, -0.05) is 30.3 Å². The zero-order valence-corrected chi connectivity index (χ0v) is 9.66. The van der Waals surface area contributed by atoms with Crippen LogP contribution in [0.4, 0.5) is 0 Å². The van der Waals surface area contributed by atoms with Crippen molar-refractivity contribution < 1.29 is 0 Å². The van der Waals surface area contributed by atoms with Gasteiger partial charge in [0.15, 0.2) is 0 Å². The Morgan fingerprint density at radius 1 is 1.06 bits per heavy atom. The van der Waals surface area contributed by atoms with Crippen LogP contribution in [0.25, 0.3) is 0 Å². The van der Waals surface area contributed by atoms with Crippen molar-refractivity contribution in [1.29, 1.82) is 0 Å². The minimum absolute atomic E-state index is 0.598. The molecule has 3 heteroatoms. The molecule has 2 aliphatic rings. The molecule has 0 spiro atoms. The Morgan fingerprint density at radius 2 is 1.88 bits per heavy atom. The Bertz CT molecular complexity index is 527. The van der Waals surface area contributed by atoms with Gasteiger partial charge in [0, 0.05) is 12.0 Å². The third kappa shape index (κ3) is 1.57. The first-order chi connectivity index (χ1) is 8.43. The van der Waals surface area contributed by atoms with E-state index in [0.29, 0.717) is 17.9 Å². The topological polar surface area (TPSA) is 30.7 Å². The molecule has 0 amide bonds. The van der Waals surface area contributed by atoms with Crippen LogP contribution in [0, 0.1) is 0 Å². The van der Waals surface area contributed by atoms with E-state index in [1.807, 2.05) is 6.33 Å². The van der Waals surface area contributed by atoms with E-state index in [9.17, 15) is 0 Å². The molecule has 0 saturated heterocycles. The van der Waals surface area contributed by atoms with E-state index in [4.69, 9.17) is 0 Å². The smallest absolute Gasteiger partial charge is 0.136 e. The maximum absolute atomic E-state index is 4.33. The van der Waals surface area contributed by atoms with Crippen LogP contribution in [0.5, 0.6) is 0 Å². The summed E-state index contributed by atoms with van der Waals surface area (Å²) in [6.45, 7) is 0. The van der Waals surface area contributed by atoms with Crippen molar-refractivity contribution in [1.82, 2.24) is 14.8 Å². The molecule has 2 fully saturated rings. The van der Waals surface area contributed by atoms with Crippen molar-refractivity contribution in [2.24, 2.45) is 0 Å². The fourth-order valence-corrected chi connectivity index (χ4v) is 2.70. The molecule has 3 nitrogen and oxygen atoms in total. The number of benzene rings is 1. The summed E-state index contributed by atoms with van der Waals surface area (Å²) in [5.74, 6) is 2.47. The van der Waals surface area contributed by atoms with Crippen LogP contribution in [0.15, 0.2) is 36.7 Å². The summed E-state index contributed by atoms with van der Waals surface area (Å²) >= 11 is 0. The van der Waals surface area contributed by atoms with E-state index >= 15 is 0 Å². The number of rotatable bonds is 3. The maximum Gasteiger partial charge on any atom is 0.136 e. The standard InChI is InChI=1S/C14H15N3/c1-2-4-10(5-3-1)12-8-13(12)14-16-15-9-17(14)11-6-7-11/h1-5,9,11-13H,6-8H2. The van der Waals surface area contributed by atoms with E-state index < -0.39 is 0 Å². The van der Waals surface area contributed by atoms with Crippen molar-refractivity contribution in [3.63, 3.8) is 0 Å². The predicted octanol–water partition coefficient (Wildman–Crippen LogP) is 2.88. The van der Waals surface area contributed by atoms with Gasteiger partial charge in [-0.05, 0) is 30.7 Å². The molecular weight excluding hydrogens is 210 g/mol. The molecule has 17 heavy (non-hydrogen) atoms. The highest BCUT2D eigenvalue weighted by Crippen LogP contribution is 2.55. The van der Waals surface area contributed by atoms with E-state index in [-0.39, 0.29) is 0 Å². The largest absolute Gasteiger partial charge is 0.314 e. The summed E-state index contributed by atoms with van der Waals surface area (Å²) in [7, 11) is 0. The van der Waals surface area contributed by atoms with Crippen LogP contribution in [-0.2, 0) is 0 Å². The Labute approximate surface area is 100 Å². The Morgan fingerprint density at radius 3 is 2.65 bits per heavy atom. The Hall–Kier alpha value is -1.64. The lowest BCUT2D eigenvalue weighted by atomic mass is 10.1. The average molecular weight is 225 g/mol. The Kier molecular flexibility index (Phi) is 1.89. The van der Waals surface area contributed by atoms with Crippen LogP contribution in [0.3, 0.4) is 0 Å². The lowest BCUT2D eigenvalue weighted by molar-refractivity contribution is 0.678. The molecule has 0 N–H and O–H groups in total. The van der Waals surface area contributed by atoms with Crippen LogP contribution in [-0.4, -0.2) is 14.8 Å². The zero-order chi connectivity index (χ0) is 11.2. The molecule has 2 aromatic rings. The van der Waals surface area contributed by atoms with Crippen molar-refractivity contribution in [3.05, 3.63) is 48.0 Å². The quantitative estimate of drug-likeness (QED) is 0.804. The number of nitrogens with zero attached hydrogens (tertiary/aromatic N) is 3. The van der Waals surface area contributed by atoms with Gasteiger partial charge in [-0.3, -0.25) is 0 Å². The van der Waals surface area contributed by atoms with Crippen LogP contribution >= 0.6 is 0 Å². The average Bonchev–Trinajstić information content (AvgIpc) is 3.30. The molecule has 2 saturated carbocycles. The summed E-state index contributed by atoms with van der Waals surface area (Å²) in [5.41, 5.74) is 1.45. The monoisotopic (exact) mass is 225 g/mol. The van der Waals surface area contributed by atoms with Crippen molar-refractivity contribution in [2.45, 2.75) is 37.1 Å². The molecule has 1 aromatic carbocycles. The molecule has 4 rings (SSSR count). The summed E-state index contributed by atoms with van der Waals surface area (Å²) < 4.78 is 2.30. The van der Waals surface area contributed by atoms with Crippen LogP contribution in [0.1, 0.15) is 48.5 Å². The second kappa shape index (κ2) is 3.42. The van der Waals surface area contributed by atoms with Gasteiger partial charge in [0.05, 0.1) is 0 Å². The normalized spacial score (nSPS) is 27.1. The first kappa shape index (κ1) is 9.40. The van der Waals surface area contributed by atoms with Gasteiger partial charge in [-0.2, -0.15) is 0 Å². The maximum atomic E-state index is 4.33. The summed E-state index contributed by atoms with van der Waals surface area (Å²) in [5, 5.41) is 8.41. The molecule has 1 aromatic heterocycles. The molecule has 2 aliphatic carbocycles. The van der Waals surface area contributed by atoms with Gasteiger partial charge in [0.2, 0.25) is 0 Å². The first-order valence-corrected chi connectivity index (χ1v) is 6.38. The number of hydrogen-bond acceptors (Lipinski definition) is 2. The summed E-state index contributed by atoms with van der Waals surface area (Å²) in [4.78, 5) is 0. The van der Waals surface area contributed by atoms with E-state index in [1.54, 1.807) is 0 Å². The lowest BCUT2D eigenvalue weighted by Gasteiger charge is -2.03. The van der Waals surface area contributed by atoms with Gasteiger partial charge in [-0.25, -0.2) is 0 Å². The molecule has 0 radical (unpaired) electrons. The van der Waals surface area contributed by atoms with E-state index in [0.717, 1.165) is 0 Å². The fourth-order valence-electron chi connectivity index (χ4n) is 2.70. The first-order valence-electron chi connectivity index (χ1n) is 6.38. The Balaban J connectivity index is 1.60. The molecule has 2 atom stereocenters. The molecule has 1 heterocycles. The minimum Gasteiger partial charge on any atom is -0.314 e. The van der Waals surface area contributed by atoms with Gasteiger partial charge >= 0.3 is 0 Å². The van der Waals surface area contributed by atoms with Gasteiger partial charge < -0.3 is 4.57 Å². The van der Waals surface area contributed by atoms with E-state index in [2.05, 4.69) is 45.1 Å². The SMILES string of the molecule is c1ccc(C2CC2c2nncn2C2CC2)cc1. The predicted molar refractivity (Wildman–Crippen MR) is 64.8 cm³/mol. The number of aromatic nitrogens is 3. The van der Waals surface area contributed by atoms with Gasteiger partial charge in [0.1, 0.15) is 12.2 Å². The van der Waals surface area contributed by atoms with Crippen molar-refractivity contribution >= 4 is 0 Å². The molecule has 2 unspecified atom stereocenters. The highest BCUT2D eigenvalue weighted by molar-refractivity contribution is 5.31. The van der Waals surface area contributed by atoms with E-state index in [1.165, 1.54) is 30.7 Å². The minimum atomic E-state index is 0.598. The highest BCUT2D eigenvalue weighted by atomic mass is 15.3. The summed E-state index contributed by atoms with van der Waals surface area (Å²) in [6, 6.07) is 11.5. The third-order valence-corrected chi connectivity index (χ3v) is 3.89. The molecule has 0 aliphatic heterocycles. The third-order valence-electron chi connectivity index (χ3n) is 3.89. The summed E-state index contributed by atoms with van der Waals surface area (Å²) in [6.07, 6.45) is 5.74. The second-order valence-electron chi connectivity index (χ2n) is 5.19. The molecule has 0 bridgehead atoms. The van der Waals surface area contributed by atoms with Crippen LogP contribution < -0.4 is 0 Å². The van der Waals surface area contributed by atoms with Crippen molar-refractivity contribution in [3.8, 4) is 0 Å². The van der Waals surface area contributed by atoms with Gasteiger partial charge in [0.25, 0.3) is 0 Å². The van der Waals surface area contributed by atoms with Gasteiger partial charge in [-0.15, -0.1) is 10.2 Å². The second-order valence-corrected chi connectivity index (χ2v) is 5.19. The lowest BCUT2D eigenvalue weighted by Crippen LogP contribution is -1.99. The van der Waals surface area contributed by atoms with Crippen LogP contribution in [0.2, 0.25) is 0 Å². The van der Waals surface area contributed by atoms with Crippen molar-refractivity contribution in [2.75, 3.05) is 0 Å². The zero-order valence-electron chi connectivity index (χ0n) is 9.66. The fraction of sp³-hybridized carbons (Fsp3) is 0.429. The number of hydrogen-bond donors (Lipinski definition) is 0. The molecule has 86 valence electrons.